The minimum absolute atomic E-state index is 0.228. The highest BCUT2D eigenvalue weighted by molar-refractivity contribution is 5.79. The molecule has 0 heterocycles. The second kappa shape index (κ2) is 7.65. The van der Waals surface area contributed by atoms with Crippen molar-refractivity contribution in [2.75, 3.05) is 7.11 Å². The summed E-state index contributed by atoms with van der Waals surface area (Å²) in [6.07, 6.45) is 2.70. The maximum atomic E-state index is 12.5. The third-order valence-corrected chi connectivity index (χ3v) is 3.42. The molecule has 118 valence electrons. The van der Waals surface area contributed by atoms with E-state index in [2.05, 4.69) is 0 Å². The van der Waals surface area contributed by atoms with Crippen LogP contribution in [0.25, 0.3) is 0 Å². The lowest BCUT2D eigenvalue weighted by Gasteiger charge is -2.33. The van der Waals surface area contributed by atoms with Crippen LogP contribution in [0, 0.1) is 11.3 Å². The molecule has 0 spiro atoms. The van der Waals surface area contributed by atoms with Gasteiger partial charge >= 0.3 is 11.9 Å². The molecular weight excluding hydrogens is 256 g/mol. The summed E-state index contributed by atoms with van der Waals surface area (Å²) >= 11 is 0. The molecule has 20 heavy (non-hydrogen) atoms. The molecule has 0 N–H and O–H groups in total. The van der Waals surface area contributed by atoms with Crippen molar-refractivity contribution < 1.29 is 19.1 Å². The molecule has 4 heteroatoms. The van der Waals surface area contributed by atoms with Crippen LogP contribution in [0.5, 0.6) is 0 Å². The molecule has 0 aliphatic rings. The zero-order chi connectivity index (χ0) is 16.0. The van der Waals surface area contributed by atoms with Crippen LogP contribution in [0.4, 0.5) is 0 Å². The van der Waals surface area contributed by atoms with E-state index in [1.54, 1.807) is 0 Å². The Morgan fingerprint density at radius 2 is 1.65 bits per heavy atom. The monoisotopic (exact) mass is 286 g/mol. The Bertz CT molecular complexity index is 330. The lowest BCUT2D eigenvalue weighted by Crippen LogP contribution is -2.38. The van der Waals surface area contributed by atoms with Crippen LogP contribution in [0.1, 0.15) is 67.2 Å². The number of carbonyl (C=O) groups is 2. The summed E-state index contributed by atoms with van der Waals surface area (Å²) in [6, 6.07) is 0. The Morgan fingerprint density at radius 1 is 1.10 bits per heavy atom. The van der Waals surface area contributed by atoms with Gasteiger partial charge in [0.1, 0.15) is 5.60 Å². The Kier molecular flexibility index (Phi) is 7.25. The van der Waals surface area contributed by atoms with Crippen molar-refractivity contribution in [3.63, 3.8) is 0 Å². The molecule has 0 radical (unpaired) electrons. The summed E-state index contributed by atoms with van der Waals surface area (Å²) < 4.78 is 10.3. The van der Waals surface area contributed by atoms with Gasteiger partial charge in [-0.25, -0.2) is 0 Å². The third kappa shape index (κ3) is 5.93. The van der Waals surface area contributed by atoms with Crippen LogP contribution in [0.2, 0.25) is 0 Å². The molecule has 2 unspecified atom stereocenters. The summed E-state index contributed by atoms with van der Waals surface area (Å²) in [5.41, 5.74) is -1.16. The smallest absolute Gasteiger partial charge is 0.312 e. The molecule has 0 fully saturated rings. The molecule has 0 bridgehead atoms. The largest absolute Gasteiger partial charge is 0.469 e. The van der Waals surface area contributed by atoms with Crippen LogP contribution in [0.3, 0.4) is 0 Å². The minimum Gasteiger partial charge on any atom is -0.469 e. The number of methoxy groups -OCH3 is 1. The minimum atomic E-state index is -0.642. The van der Waals surface area contributed by atoms with E-state index in [-0.39, 0.29) is 17.9 Å². The van der Waals surface area contributed by atoms with Crippen LogP contribution >= 0.6 is 0 Å². The number of hydrogen-bond donors (Lipinski definition) is 0. The van der Waals surface area contributed by atoms with Crippen molar-refractivity contribution in [3.8, 4) is 0 Å². The van der Waals surface area contributed by atoms with E-state index < -0.39 is 11.0 Å². The predicted octanol–water partition coefficient (Wildman–Crippen LogP) is 3.72. The van der Waals surface area contributed by atoms with Gasteiger partial charge in [0.2, 0.25) is 0 Å². The van der Waals surface area contributed by atoms with Gasteiger partial charge in [-0.2, -0.15) is 0 Å². The van der Waals surface area contributed by atoms with Gasteiger partial charge in [0.05, 0.1) is 18.4 Å². The fourth-order valence-electron chi connectivity index (χ4n) is 2.35. The van der Waals surface area contributed by atoms with Gasteiger partial charge in [-0.1, -0.05) is 20.3 Å². The van der Waals surface area contributed by atoms with Crippen molar-refractivity contribution in [1.82, 2.24) is 0 Å². The first-order valence-corrected chi connectivity index (χ1v) is 7.41. The first-order chi connectivity index (χ1) is 9.09. The number of esters is 2. The molecular formula is C16H30O4. The van der Waals surface area contributed by atoms with Gasteiger partial charge in [-0.15, -0.1) is 0 Å². The van der Waals surface area contributed by atoms with Gasteiger partial charge in [-0.05, 0) is 47.0 Å². The fourth-order valence-corrected chi connectivity index (χ4v) is 2.35. The van der Waals surface area contributed by atoms with E-state index in [1.165, 1.54) is 7.11 Å². The zero-order valence-electron chi connectivity index (χ0n) is 14.0. The fraction of sp³-hybridized carbons (Fsp3) is 0.875. The summed E-state index contributed by atoms with van der Waals surface area (Å²) in [5, 5.41) is 0. The zero-order valence-corrected chi connectivity index (χ0v) is 14.0. The molecule has 0 amide bonds. The quantitative estimate of drug-likeness (QED) is 0.669. The van der Waals surface area contributed by atoms with Crippen molar-refractivity contribution in [3.05, 3.63) is 0 Å². The van der Waals surface area contributed by atoms with Crippen LogP contribution in [-0.4, -0.2) is 24.6 Å². The number of rotatable bonds is 7. The van der Waals surface area contributed by atoms with E-state index in [4.69, 9.17) is 9.47 Å². The number of hydrogen-bond acceptors (Lipinski definition) is 4. The van der Waals surface area contributed by atoms with Gasteiger partial charge < -0.3 is 9.47 Å². The van der Waals surface area contributed by atoms with Crippen molar-refractivity contribution in [2.45, 2.75) is 72.8 Å². The Labute approximate surface area is 123 Å². The number of ether oxygens (including phenoxy) is 2. The van der Waals surface area contributed by atoms with E-state index in [9.17, 15) is 9.59 Å². The summed E-state index contributed by atoms with van der Waals surface area (Å²) in [6.45, 7) is 11.4. The van der Waals surface area contributed by atoms with E-state index in [0.29, 0.717) is 19.3 Å². The van der Waals surface area contributed by atoms with Crippen LogP contribution in [0.15, 0.2) is 0 Å². The summed E-state index contributed by atoms with van der Waals surface area (Å²) in [4.78, 5) is 24.2. The van der Waals surface area contributed by atoms with Gasteiger partial charge in [0.25, 0.3) is 0 Å². The van der Waals surface area contributed by atoms with Gasteiger partial charge in [0, 0.05) is 0 Å². The van der Waals surface area contributed by atoms with Crippen molar-refractivity contribution in [2.24, 2.45) is 11.3 Å². The normalized spacial score (nSPS) is 16.1. The maximum absolute atomic E-state index is 12.5. The van der Waals surface area contributed by atoms with Crippen molar-refractivity contribution >= 4 is 11.9 Å². The standard InChI is InChI=1S/C16H30O4/c1-8-10-16(6,14(18)20-15(3,4)5)11-12(9-2)13(17)19-7/h12H,8-11H2,1-7H3. The van der Waals surface area contributed by atoms with Crippen LogP contribution < -0.4 is 0 Å². The third-order valence-electron chi connectivity index (χ3n) is 3.42. The van der Waals surface area contributed by atoms with Crippen molar-refractivity contribution in [1.29, 1.82) is 0 Å². The van der Waals surface area contributed by atoms with E-state index >= 15 is 0 Å². The molecule has 0 aromatic heterocycles. The number of carbonyl (C=O) groups excluding carboxylic acids is 2. The lowest BCUT2D eigenvalue weighted by atomic mass is 9.76. The Morgan fingerprint density at radius 3 is 2.00 bits per heavy atom. The molecule has 0 aromatic rings. The van der Waals surface area contributed by atoms with Gasteiger partial charge in [-0.3, -0.25) is 9.59 Å². The maximum Gasteiger partial charge on any atom is 0.312 e. The first-order valence-electron chi connectivity index (χ1n) is 7.41. The molecule has 2 atom stereocenters. The Hall–Kier alpha value is -1.06. The topological polar surface area (TPSA) is 52.6 Å². The van der Waals surface area contributed by atoms with E-state index in [0.717, 1.165) is 6.42 Å². The predicted molar refractivity (Wildman–Crippen MR) is 79.3 cm³/mol. The average molecular weight is 286 g/mol. The molecule has 0 aromatic carbocycles. The highest BCUT2D eigenvalue weighted by atomic mass is 16.6. The molecule has 0 saturated heterocycles. The molecule has 0 rings (SSSR count). The Balaban J connectivity index is 5.08. The second-order valence-electron chi connectivity index (χ2n) is 6.65. The van der Waals surface area contributed by atoms with E-state index in [1.807, 2.05) is 41.5 Å². The SMILES string of the molecule is CCCC(C)(CC(CC)C(=O)OC)C(=O)OC(C)(C)C. The molecule has 0 aliphatic heterocycles. The summed E-state index contributed by atoms with van der Waals surface area (Å²) in [5.74, 6) is -0.739. The van der Waals surface area contributed by atoms with Gasteiger partial charge in [0.15, 0.2) is 0 Å². The summed E-state index contributed by atoms with van der Waals surface area (Å²) in [7, 11) is 1.38. The highest BCUT2D eigenvalue weighted by Gasteiger charge is 2.39. The first kappa shape index (κ1) is 18.9. The molecule has 4 nitrogen and oxygen atoms in total. The second-order valence-corrected chi connectivity index (χ2v) is 6.65. The highest BCUT2D eigenvalue weighted by Crippen LogP contribution is 2.35. The van der Waals surface area contributed by atoms with Crippen LogP contribution in [-0.2, 0) is 19.1 Å². The molecule has 0 aliphatic carbocycles. The average Bonchev–Trinajstić information content (AvgIpc) is 2.33. The molecule has 0 saturated carbocycles. The lowest BCUT2D eigenvalue weighted by molar-refractivity contribution is -0.169.